The summed E-state index contributed by atoms with van der Waals surface area (Å²) >= 11 is 0. The fourth-order valence-corrected chi connectivity index (χ4v) is 2.01. The van der Waals surface area contributed by atoms with Crippen molar-refractivity contribution in [3.63, 3.8) is 0 Å². The van der Waals surface area contributed by atoms with Gasteiger partial charge in [0.15, 0.2) is 5.82 Å². The zero-order valence-electron chi connectivity index (χ0n) is 11.2. The monoisotopic (exact) mass is 257 g/mol. The van der Waals surface area contributed by atoms with Gasteiger partial charge in [-0.3, -0.25) is 0 Å². The lowest BCUT2D eigenvalue weighted by Gasteiger charge is -2.01. The number of aromatic nitrogens is 4. The van der Waals surface area contributed by atoms with Crippen molar-refractivity contribution in [2.75, 3.05) is 6.54 Å². The Morgan fingerprint density at radius 2 is 2.21 bits per heavy atom. The van der Waals surface area contributed by atoms with E-state index in [0.717, 1.165) is 36.9 Å². The van der Waals surface area contributed by atoms with E-state index >= 15 is 0 Å². The lowest BCUT2D eigenvalue weighted by Crippen LogP contribution is -2.17. The Kier molecular flexibility index (Phi) is 3.55. The van der Waals surface area contributed by atoms with E-state index in [1.807, 2.05) is 31.5 Å². The van der Waals surface area contributed by atoms with E-state index in [0.29, 0.717) is 0 Å². The van der Waals surface area contributed by atoms with Crippen molar-refractivity contribution in [2.24, 2.45) is 0 Å². The van der Waals surface area contributed by atoms with Crippen LogP contribution in [0.1, 0.15) is 30.5 Å². The van der Waals surface area contributed by atoms with E-state index < -0.39 is 0 Å². The van der Waals surface area contributed by atoms with Crippen LogP contribution in [0.25, 0.3) is 5.82 Å². The molecule has 0 spiro atoms. The quantitative estimate of drug-likeness (QED) is 0.800. The summed E-state index contributed by atoms with van der Waals surface area (Å²) in [4.78, 5) is 0. The fourth-order valence-electron chi connectivity index (χ4n) is 2.01. The molecule has 2 heterocycles. The van der Waals surface area contributed by atoms with Crippen LogP contribution < -0.4 is 5.32 Å². The summed E-state index contributed by atoms with van der Waals surface area (Å²) in [6.07, 6.45) is 8.87. The zero-order valence-corrected chi connectivity index (χ0v) is 11.2. The average Bonchev–Trinajstić information content (AvgIpc) is 3.13. The number of nitrogens with zero attached hydrogens (tertiary/aromatic N) is 4. The highest BCUT2D eigenvalue weighted by atomic mass is 15.3. The SMILES string of the molecule is Cc1ccc(-n2cc(CCCNC3CC3)cn2)nn1. The Hall–Kier alpha value is -1.75. The summed E-state index contributed by atoms with van der Waals surface area (Å²) in [7, 11) is 0. The van der Waals surface area contributed by atoms with Crippen molar-refractivity contribution in [1.82, 2.24) is 25.3 Å². The second-order valence-corrected chi connectivity index (χ2v) is 5.16. The maximum Gasteiger partial charge on any atom is 0.175 e. The first-order chi connectivity index (χ1) is 9.31. The summed E-state index contributed by atoms with van der Waals surface area (Å²) in [5, 5.41) is 16.0. The van der Waals surface area contributed by atoms with Gasteiger partial charge in [0.1, 0.15) is 0 Å². The van der Waals surface area contributed by atoms with E-state index in [1.54, 1.807) is 4.68 Å². The van der Waals surface area contributed by atoms with Gasteiger partial charge in [-0.05, 0) is 56.8 Å². The van der Waals surface area contributed by atoms with Gasteiger partial charge in [-0.1, -0.05) is 0 Å². The van der Waals surface area contributed by atoms with Gasteiger partial charge in [0.05, 0.1) is 11.9 Å². The van der Waals surface area contributed by atoms with Gasteiger partial charge in [0.2, 0.25) is 0 Å². The number of hydrogen-bond acceptors (Lipinski definition) is 4. The molecule has 5 nitrogen and oxygen atoms in total. The summed E-state index contributed by atoms with van der Waals surface area (Å²) < 4.78 is 1.79. The van der Waals surface area contributed by atoms with Crippen LogP contribution in [-0.2, 0) is 6.42 Å². The van der Waals surface area contributed by atoms with Gasteiger partial charge >= 0.3 is 0 Å². The molecule has 0 radical (unpaired) electrons. The minimum absolute atomic E-state index is 0.771. The normalized spacial score (nSPS) is 14.8. The molecule has 0 atom stereocenters. The standard InChI is InChI=1S/C14H19N5/c1-11-4-7-14(18-17-11)19-10-12(9-16-19)3-2-8-15-13-5-6-13/h4,7,9-10,13,15H,2-3,5-6,8H2,1H3. The highest BCUT2D eigenvalue weighted by Gasteiger charge is 2.19. The van der Waals surface area contributed by atoms with Crippen molar-refractivity contribution < 1.29 is 0 Å². The third kappa shape index (κ3) is 3.38. The molecule has 0 bridgehead atoms. The van der Waals surface area contributed by atoms with Gasteiger partial charge in [-0.25, -0.2) is 4.68 Å². The second kappa shape index (κ2) is 5.48. The van der Waals surface area contributed by atoms with Crippen LogP contribution in [0.3, 0.4) is 0 Å². The first-order valence-corrected chi connectivity index (χ1v) is 6.89. The molecule has 1 aliphatic rings. The van der Waals surface area contributed by atoms with Gasteiger partial charge in [-0.2, -0.15) is 10.2 Å². The van der Waals surface area contributed by atoms with E-state index in [4.69, 9.17) is 0 Å². The molecule has 2 aromatic rings. The topological polar surface area (TPSA) is 55.6 Å². The van der Waals surface area contributed by atoms with Gasteiger partial charge in [0, 0.05) is 12.2 Å². The Morgan fingerprint density at radius 1 is 1.32 bits per heavy atom. The lowest BCUT2D eigenvalue weighted by molar-refractivity contribution is 0.645. The van der Waals surface area contributed by atoms with Crippen LogP contribution in [0.5, 0.6) is 0 Å². The summed E-state index contributed by atoms with van der Waals surface area (Å²) in [5.74, 6) is 0.771. The summed E-state index contributed by atoms with van der Waals surface area (Å²) in [6, 6.07) is 4.68. The molecule has 0 saturated heterocycles. The Labute approximate surface area is 113 Å². The molecule has 100 valence electrons. The molecule has 1 saturated carbocycles. The maximum absolute atomic E-state index is 4.34. The van der Waals surface area contributed by atoms with Crippen LogP contribution in [0, 0.1) is 6.92 Å². The van der Waals surface area contributed by atoms with Crippen LogP contribution in [-0.4, -0.2) is 32.6 Å². The Morgan fingerprint density at radius 3 is 2.95 bits per heavy atom. The van der Waals surface area contributed by atoms with Gasteiger partial charge < -0.3 is 5.32 Å². The predicted octanol–water partition coefficient (Wildman–Crippen LogP) is 1.66. The molecule has 0 amide bonds. The van der Waals surface area contributed by atoms with Crippen molar-refractivity contribution in [3.8, 4) is 5.82 Å². The average molecular weight is 257 g/mol. The minimum Gasteiger partial charge on any atom is -0.314 e. The van der Waals surface area contributed by atoms with Crippen LogP contribution in [0.4, 0.5) is 0 Å². The Bertz CT molecular complexity index is 527. The van der Waals surface area contributed by atoms with Gasteiger partial charge in [0.25, 0.3) is 0 Å². The molecule has 1 aliphatic carbocycles. The molecule has 3 rings (SSSR count). The van der Waals surface area contributed by atoms with E-state index in [-0.39, 0.29) is 0 Å². The van der Waals surface area contributed by atoms with Crippen molar-refractivity contribution in [3.05, 3.63) is 35.8 Å². The van der Waals surface area contributed by atoms with Crippen LogP contribution >= 0.6 is 0 Å². The molecule has 19 heavy (non-hydrogen) atoms. The molecule has 0 unspecified atom stereocenters. The zero-order chi connectivity index (χ0) is 13.1. The van der Waals surface area contributed by atoms with Crippen molar-refractivity contribution in [1.29, 1.82) is 0 Å². The third-order valence-corrected chi connectivity index (χ3v) is 3.31. The number of nitrogens with one attached hydrogen (secondary N) is 1. The number of aryl methyl sites for hydroxylation is 2. The van der Waals surface area contributed by atoms with E-state index in [1.165, 1.54) is 18.4 Å². The smallest absolute Gasteiger partial charge is 0.175 e. The Balaban J connectivity index is 1.54. The summed E-state index contributed by atoms with van der Waals surface area (Å²) in [5.41, 5.74) is 2.17. The molecular weight excluding hydrogens is 238 g/mol. The van der Waals surface area contributed by atoms with Crippen LogP contribution in [0.2, 0.25) is 0 Å². The summed E-state index contributed by atoms with van der Waals surface area (Å²) in [6.45, 7) is 3.03. The maximum atomic E-state index is 4.34. The highest BCUT2D eigenvalue weighted by Crippen LogP contribution is 2.18. The first-order valence-electron chi connectivity index (χ1n) is 6.89. The van der Waals surface area contributed by atoms with E-state index in [9.17, 15) is 0 Å². The molecule has 1 fully saturated rings. The van der Waals surface area contributed by atoms with Crippen molar-refractivity contribution in [2.45, 2.75) is 38.6 Å². The molecule has 0 aromatic carbocycles. The molecule has 5 heteroatoms. The van der Waals surface area contributed by atoms with Crippen LogP contribution in [0.15, 0.2) is 24.5 Å². The fraction of sp³-hybridized carbons (Fsp3) is 0.500. The first kappa shape index (κ1) is 12.3. The largest absolute Gasteiger partial charge is 0.314 e. The third-order valence-electron chi connectivity index (χ3n) is 3.31. The predicted molar refractivity (Wildman–Crippen MR) is 73.2 cm³/mol. The lowest BCUT2D eigenvalue weighted by atomic mass is 10.2. The number of hydrogen-bond donors (Lipinski definition) is 1. The highest BCUT2D eigenvalue weighted by molar-refractivity contribution is 5.22. The van der Waals surface area contributed by atoms with Gasteiger partial charge in [-0.15, -0.1) is 5.10 Å². The molecule has 2 aromatic heterocycles. The number of rotatable bonds is 6. The molecule has 1 N–H and O–H groups in total. The molecule has 0 aliphatic heterocycles. The van der Waals surface area contributed by atoms with E-state index in [2.05, 4.69) is 20.6 Å². The minimum atomic E-state index is 0.771. The second-order valence-electron chi connectivity index (χ2n) is 5.16. The van der Waals surface area contributed by atoms with Crippen molar-refractivity contribution >= 4 is 0 Å². The molecular formula is C14H19N5.